The standard InChI is InChI=1S/C22H29N3O2/c1-3-4-13-24(2)21(26)18-11-14-25(15-12-18)22(27)23-20-10-9-17-7-5-6-8-19(17)16-20/h5-10,16,18H,3-4,11-15H2,1-2H3,(H,23,27). The summed E-state index contributed by atoms with van der Waals surface area (Å²) in [5, 5.41) is 5.25. The van der Waals surface area contributed by atoms with Gasteiger partial charge in [0.2, 0.25) is 5.91 Å². The first-order chi connectivity index (χ1) is 13.1. The Hall–Kier alpha value is -2.56. The molecule has 0 bridgehead atoms. The van der Waals surface area contributed by atoms with Crippen LogP contribution in [0.4, 0.5) is 10.5 Å². The minimum Gasteiger partial charge on any atom is -0.346 e. The average molecular weight is 367 g/mol. The van der Waals surface area contributed by atoms with Crippen molar-refractivity contribution in [2.75, 3.05) is 32.0 Å². The van der Waals surface area contributed by atoms with Crippen LogP contribution in [0.15, 0.2) is 42.5 Å². The molecule has 0 unspecified atom stereocenters. The van der Waals surface area contributed by atoms with Gasteiger partial charge in [0.05, 0.1) is 0 Å². The van der Waals surface area contributed by atoms with E-state index in [0.717, 1.165) is 48.7 Å². The molecule has 0 atom stereocenters. The summed E-state index contributed by atoms with van der Waals surface area (Å²) < 4.78 is 0. The van der Waals surface area contributed by atoms with E-state index in [0.29, 0.717) is 13.1 Å². The molecule has 1 fully saturated rings. The summed E-state index contributed by atoms with van der Waals surface area (Å²) in [6.45, 7) is 4.19. The molecule has 2 aromatic rings. The molecule has 1 heterocycles. The number of likely N-dealkylation sites (tertiary alicyclic amines) is 1. The van der Waals surface area contributed by atoms with Crippen LogP contribution >= 0.6 is 0 Å². The van der Waals surface area contributed by atoms with Crippen LogP contribution in [0.5, 0.6) is 0 Å². The number of anilines is 1. The third-order valence-electron chi connectivity index (χ3n) is 5.36. The third kappa shape index (κ3) is 4.79. The average Bonchev–Trinajstić information content (AvgIpc) is 2.71. The molecule has 1 aliphatic heterocycles. The van der Waals surface area contributed by atoms with E-state index in [1.807, 2.05) is 53.2 Å². The first-order valence-corrected chi connectivity index (χ1v) is 9.88. The van der Waals surface area contributed by atoms with Gasteiger partial charge < -0.3 is 15.1 Å². The first-order valence-electron chi connectivity index (χ1n) is 9.88. The normalized spacial score (nSPS) is 15.0. The van der Waals surface area contributed by atoms with Crippen molar-refractivity contribution < 1.29 is 9.59 Å². The second-order valence-corrected chi connectivity index (χ2v) is 7.37. The highest BCUT2D eigenvalue weighted by molar-refractivity contribution is 5.93. The first kappa shape index (κ1) is 19.2. The van der Waals surface area contributed by atoms with Crippen molar-refractivity contribution in [3.05, 3.63) is 42.5 Å². The second-order valence-electron chi connectivity index (χ2n) is 7.37. The number of carbonyl (C=O) groups is 2. The van der Waals surface area contributed by atoms with Crippen LogP contribution in [0.1, 0.15) is 32.6 Å². The van der Waals surface area contributed by atoms with E-state index in [1.54, 1.807) is 0 Å². The minimum atomic E-state index is -0.0875. The number of unbranched alkanes of at least 4 members (excludes halogenated alkanes) is 1. The number of hydrogen-bond donors (Lipinski definition) is 1. The quantitative estimate of drug-likeness (QED) is 0.854. The minimum absolute atomic E-state index is 0.0385. The van der Waals surface area contributed by atoms with Gasteiger partial charge in [-0.1, -0.05) is 43.7 Å². The van der Waals surface area contributed by atoms with Crippen molar-refractivity contribution in [2.45, 2.75) is 32.6 Å². The van der Waals surface area contributed by atoms with Gasteiger partial charge in [-0.15, -0.1) is 0 Å². The van der Waals surface area contributed by atoms with E-state index >= 15 is 0 Å². The van der Waals surface area contributed by atoms with E-state index in [-0.39, 0.29) is 17.9 Å². The SMILES string of the molecule is CCCCN(C)C(=O)C1CCN(C(=O)Nc2ccc3ccccc3c2)CC1. The molecule has 0 spiro atoms. The van der Waals surface area contributed by atoms with E-state index in [4.69, 9.17) is 0 Å². The van der Waals surface area contributed by atoms with Crippen molar-refractivity contribution in [3.8, 4) is 0 Å². The van der Waals surface area contributed by atoms with Crippen LogP contribution in [0, 0.1) is 5.92 Å². The number of hydrogen-bond acceptors (Lipinski definition) is 2. The van der Waals surface area contributed by atoms with E-state index in [2.05, 4.69) is 18.3 Å². The number of nitrogens with zero attached hydrogens (tertiary/aromatic N) is 2. The highest BCUT2D eigenvalue weighted by Crippen LogP contribution is 2.22. The molecule has 0 aliphatic carbocycles. The maximum absolute atomic E-state index is 12.6. The molecular weight excluding hydrogens is 338 g/mol. The van der Waals surface area contributed by atoms with Crippen molar-refractivity contribution >= 4 is 28.4 Å². The fourth-order valence-electron chi connectivity index (χ4n) is 3.62. The number of fused-ring (bicyclic) bond motifs is 1. The van der Waals surface area contributed by atoms with Crippen LogP contribution in [0.25, 0.3) is 10.8 Å². The number of piperidine rings is 1. The molecule has 0 saturated carbocycles. The second kappa shape index (κ2) is 8.89. The lowest BCUT2D eigenvalue weighted by Gasteiger charge is -2.33. The number of urea groups is 1. The van der Waals surface area contributed by atoms with Crippen molar-refractivity contribution in [1.29, 1.82) is 0 Å². The summed E-state index contributed by atoms with van der Waals surface area (Å²) in [6.07, 6.45) is 3.60. The monoisotopic (exact) mass is 367 g/mol. The number of carbonyl (C=O) groups excluding carboxylic acids is 2. The fraction of sp³-hybridized carbons (Fsp3) is 0.455. The van der Waals surface area contributed by atoms with Gasteiger partial charge in [-0.2, -0.15) is 0 Å². The van der Waals surface area contributed by atoms with E-state index in [1.165, 1.54) is 0 Å². The lowest BCUT2D eigenvalue weighted by molar-refractivity contribution is -0.135. The highest BCUT2D eigenvalue weighted by Gasteiger charge is 2.29. The van der Waals surface area contributed by atoms with Gasteiger partial charge in [-0.25, -0.2) is 4.79 Å². The largest absolute Gasteiger partial charge is 0.346 e. The number of rotatable bonds is 5. The van der Waals surface area contributed by atoms with Crippen LogP contribution in [0.2, 0.25) is 0 Å². The van der Waals surface area contributed by atoms with Gasteiger partial charge in [0.25, 0.3) is 0 Å². The molecule has 0 radical (unpaired) electrons. The summed E-state index contributed by atoms with van der Waals surface area (Å²) in [6, 6.07) is 13.9. The molecular formula is C22H29N3O2. The highest BCUT2D eigenvalue weighted by atomic mass is 16.2. The zero-order valence-corrected chi connectivity index (χ0v) is 16.3. The van der Waals surface area contributed by atoms with E-state index < -0.39 is 0 Å². The van der Waals surface area contributed by atoms with Gasteiger partial charge in [0.1, 0.15) is 0 Å². The lowest BCUT2D eigenvalue weighted by Crippen LogP contribution is -2.45. The maximum atomic E-state index is 12.6. The Morgan fingerprint density at radius 3 is 2.52 bits per heavy atom. The Morgan fingerprint density at radius 2 is 1.81 bits per heavy atom. The molecule has 3 amide bonds. The predicted molar refractivity (Wildman–Crippen MR) is 110 cm³/mol. The molecule has 5 nitrogen and oxygen atoms in total. The molecule has 1 aliphatic rings. The molecule has 27 heavy (non-hydrogen) atoms. The maximum Gasteiger partial charge on any atom is 0.321 e. The smallest absolute Gasteiger partial charge is 0.321 e. The van der Waals surface area contributed by atoms with Gasteiger partial charge in [-0.05, 0) is 42.2 Å². The van der Waals surface area contributed by atoms with Crippen LogP contribution in [0.3, 0.4) is 0 Å². The summed E-state index contributed by atoms with van der Waals surface area (Å²) in [5.41, 5.74) is 0.802. The molecule has 2 aromatic carbocycles. The zero-order chi connectivity index (χ0) is 19.2. The molecule has 1 saturated heterocycles. The lowest BCUT2D eigenvalue weighted by atomic mass is 9.95. The summed E-state index contributed by atoms with van der Waals surface area (Å²) in [5.74, 6) is 0.259. The number of nitrogens with one attached hydrogen (secondary N) is 1. The summed E-state index contributed by atoms with van der Waals surface area (Å²) >= 11 is 0. The Balaban J connectivity index is 1.52. The topological polar surface area (TPSA) is 52.7 Å². The predicted octanol–water partition coefficient (Wildman–Crippen LogP) is 4.34. The molecule has 5 heteroatoms. The molecule has 1 N–H and O–H groups in total. The molecule has 3 rings (SSSR count). The van der Waals surface area contributed by atoms with Crippen LogP contribution in [-0.4, -0.2) is 48.4 Å². The van der Waals surface area contributed by atoms with Crippen LogP contribution in [-0.2, 0) is 4.79 Å². The molecule has 0 aromatic heterocycles. The van der Waals surface area contributed by atoms with Gasteiger partial charge in [0.15, 0.2) is 0 Å². The summed E-state index contributed by atoms with van der Waals surface area (Å²) in [7, 11) is 1.89. The van der Waals surface area contributed by atoms with Crippen molar-refractivity contribution in [2.24, 2.45) is 5.92 Å². The van der Waals surface area contributed by atoms with Crippen molar-refractivity contribution in [1.82, 2.24) is 9.80 Å². The zero-order valence-electron chi connectivity index (χ0n) is 16.3. The number of benzene rings is 2. The van der Waals surface area contributed by atoms with Gasteiger partial charge >= 0.3 is 6.03 Å². The molecule has 144 valence electrons. The van der Waals surface area contributed by atoms with Gasteiger partial charge in [-0.3, -0.25) is 4.79 Å². The third-order valence-corrected chi connectivity index (χ3v) is 5.36. The fourth-order valence-corrected chi connectivity index (χ4v) is 3.62. The van der Waals surface area contributed by atoms with Gasteiger partial charge in [0, 0.05) is 38.3 Å². The van der Waals surface area contributed by atoms with E-state index in [9.17, 15) is 9.59 Å². The Morgan fingerprint density at radius 1 is 1.11 bits per heavy atom. The summed E-state index contributed by atoms with van der Waals surface area (Å²) in [4.78, 5) is 28.7. The Kier molecular flexibility index (Phi) is 6.32. The Bertz CT molecular complexity index is 797. The number of amides is 3. The van der Waals surface area contributed by atoms with Crippen LogP contribution < -0.4 is 5.32 Å². The van der Waals surface area contributed by atoms with Crippen molar-refractivity contribution in [3.63, 3.8) is 0 Å². The Labute approximate surface area is 161 Å².